The maximum Gasteiger partial charge on any atom is 0.251 e. The van der Waals surface area contributed by atoms with Crippen LogP contribution in [0.5, 0.6) is 0 Å². The molecule has 1 atom stereocenters. The summed E-state index contributed by atoms with van der Waals surface area (Å²) in [6.45, 7) is 3.66. The van der Waals surface area contributed by atoms with Gasteiger partial charge in [0.1, 0.15) is 0 Å². The third-order valence-corrected chi connectivity index (χ3v) is 5.91. The number of ether oxygens (including phenoxy) is 1. The molecular weight excluding hydrogens is 376 g/mol. The third kappa shape index (κ3) is 4.00. The molecule has 2 N–H and O–H groups in total. The average molecular weight is 402 g/mol. The smallest absolute Gasteiger partial charge is 0.251 e. The van der Waals surface area contributed by atoms with E-state index in [0.29, 0.717) is 11.6 Å². The first-order valence-corrected chi connectivity index (χ1v) is 10.7. The molecule has 1 saturated carbocycles. The Bertz CT molecular complexity index is 1090. The van der Waals surface area contributed by atoms with Crippen LogP contribution in [0.2, 0.25) is 0 Å². The lowest BCUT2D eigenvalue weighted by atomic mass is 9.96. The number of carbonyl (C=O) groups excluding carboxylic acids is 1. The molecule has 1 aliphatic carbocycles. The van der Waals surface area contributed by atoms with Crippen LogP contribution in [0.1, 0.15) is 41.6 Å². The van der Waals surface area contributed by atoms with Gasteiger partial charge in [-0.2, -0.15) is 5.10 Å². The van der Waals surface area contributed by atoms with E-state index in [9.17, 15) is 4.79 Å². The predicted octanol–water partition coefficient (Wildman–Crippen LogP) is 4.09. The van der Waals surface area contributed by atoms with Crippen molar-refractivity contribution in [1.29, 1.82) is 0 Å². The highest BCUT2D eigenvalue weighted by atomic mass is 16.5. The van der Waals surface area contributed by atoms with Gasteiger partial charge in [-0.3, -0.25) is 4.79 Å². The molecule has 1 aromatic heterocycles. The summed E-state index contributed by atoms with van der Waals surface area (Å²) in [4.78, 5) is 12.5. The Kier molecular flexibility index (Phi) is 5.09. The van der Waals surface area contributed by atoms with Crippen molar-refractivity contribution in [3.8, 4) is 11.1 Å². The molecule has 1 saturated heterocycles. The first-order valence-electron chi connectivity index (χ1n) is 10.7. The summed E-state index contributed by atoms with van der Waals surface area (Å²) in [5.41, 5.74) is 3.97. The van der Waals surface area contributed by atoms with Crippen LogP contribution in [0.25, 0.3) is 21.9 Å². The number of hydrogen-bond donors (Lipinski definition) is 2. The topological polar surface area (TPSA) is 76.1 Å². The fourth-order valence-electron chi connectivity index (χ4n) is 3.97. The maximum absolute atomic E-state index is 12.5. The Morgan fingerprint density at radius 2 is 2.07 bits per heavy atom. The van der Waals surface area contributed by atoms with Crippen LogP contribution in [0.15, 0.2) is 42.6 Å². The number of rotatable bonds is 6. The van der Waals surface area contributed by atoms with E-state index < -0.39 is 0 Å². The zero-order valence-corrected chi connectivity index (χ0v) is 17.1. The Morgan fingerprint density at radius 1 is 1.17 bits per heavy atom. The number of fused-ring (bicyclic) bond motifs is 1. The third-order valence-electron chi connectivity index (χ3n) is 5.91. The van der Waals surface area contributed by atoms with E-state index in [1.165, 1.54) is 0 Å². The molecule has 3 aromatic rings. The van der Waals surface area contributed by atoms with E-state index in [-0.39, 0.29) is 12.0 Å². The van der Waals surface area contributed by atoms with Crippen LogP contribution in [-0.4, -0.2) is 41.4 Å². The number of nitrogens with zero attached hydrogens (tertiary/aromatic N) is 2. The maximum atomic E-state index is 12.5. The summed E-state index contributed by atoms with van der Waals surface area (Å²) in [5.74, 6) is 0.787. The molecule has 154 valence electrons. The largest absolute Gasteiger partial charge is 0.376 e. The molecule has 1 aliphatic heterocycles. The number of aromatic nitrogens is 2. The fraction of sp³-hybridized carbons (Fsp3) is 0.375. The molecule has 1 amide bonds. The zero-order chi connectivity index (χ0) is 20.5. The number of amides is 1. The molecule has 2 aromatic carbocycles. The first kappa shape index (κ1) is 19.0. The lowest BCUT2D eigenvalue weighted by Crippen LogP contribution is -2.25. The molecule has 2 heterocycles. The van der Waals surface area contributed by atoms with Crippen LogP contribution in [0.3, 0.4) is 0 Å². The summed E-state index contributed by atoms with van der Waals surface area (Å²) < 4.78 is 5.69. The minimum absolute atomic E-state index is 0.00558. The second-order valence-electron chi connectivity index (χ2n) is 8.29. The number of benzene rings is 2. The molecule has 0 radical (unpaired) electrons. The van der Waals surface area contributed by atoms with E-state index in [0.717, 1.165) is 72.1 Å². The first-order chi connectivity index (χ1) is 14.7. The van der Waals surface area contributed by atoms with E-state index >= 15 is 0 Å². The van der Waals surface area contributed by atoms with Crippen molar-refractivity contribution in [2.75, 3.05) is 18.5 Å². The standard InChI is InChI=1S/C24H26N4O2/c1-15-4-5-17(24(29)27-19-7-8-19)12-22(15)16-6-9-21-18(11-16)13-26-28-23(21)25-14-20-3-2-10-30-20/h4-6,9,11-13,19-20H,2-3,7-8,10,14H2,1H3,(H,25,28)(H,27,29)/t20-/m0/s1. The predicted molar refractivity (Wildman–Crippen MR) is 118 cm³/mol. The summed E-state index contributed by atoms with van der Waals surface area (Å²) in [5, 5.41) is 17.0. The molecule has 2 aliphatic rings. The zero-order valence-electron chi connectivity index (χ0n) is 17.1. The monoisotopic (exact) mass is 402 g/mol. The average Bonchev–Trinajstić information content (AvgIpc) is 3.42. The SMILES string of the molecule is Cc1ccc(C(=O)NC2CC2)cc1-c1ccc2c(NC[C@@H]3CCCO3)nncc2c1. The van der Waals surface area contributed by atoms with Gasteiger partial charge in [-0.15, -0.1) is 5.10 Å². The molecule has 0 unspecified atom stereocenters. The highest BCUT2D eigenvalue weighted by Crippen LogP contribution is 2.30. The Labute approximate surface area is 176 Å². The van der Waals surface area contributed by atoms with Gasteiger partial charge in [0.2, 0.25) is 0 Å². The van der Waals surface area contributed by atoms with Gasteiger partial charge < -0.3 is 15.4 Å². The Hall–Kier alpha value is -2.99. The minimum atomic E-state index is 0.00558. The molecule has 0 bridgehead atoms. The fourth-order valence-corrected chi connectivity index (χ4v) is 3.97. The van der Waals surface area contributed by atoms with Gasteiger partial charge in [0, 0.05) is 35.5 Å². The normalized spacial score (nSPS) is 18.5. The number of anilines is 1. The summed E-state index contributed by atoms with van der Waals surface area (Å²) >= 11 is 0. The van der Waals surface area contributed by atoms with Crippen molar-refractivity contribution in [3.63, 3.8) is 0 Å². The van der Waals surface area contributed by atoms with Crippen LogP contribution in [0, 0.1) is 6.92 Å². The van der Waals surface area contributed by atoms with Crippen LogP contribution in [0.4, 0.5) is 5.82 Å². The highest BCUT2D eigenvalue weighted by molar-refractivity contribution is 5.97. The lowest BCUT2D eigenvalue weighted by Gasteiger charge is -2.14. The summed E-state index contributed by atoms with van der Waals surface area (Å²) in [6.07, 6.45) is 6.40. The van der Waals surface area contributed by atoms with Crippen molar-refractivity contribution in [3.05, 3.63) is 53.7 Å². The molecule has 5 rings (SSSR count). The lowest BCUT2D eigenvalue weighted by molar-refractivity contribution is 0.0951. The van der Waals surface area contributed by atoms with E-state index in [2.05, 4.69) is 46.0 Å². The van der Waals surface area contributed by atoms with Crippen molar-refractivity contribution in [2.24, 2.45) is 0 Å². The van der Waals surface area contributed by atoms with E-state index in [1.54, 1.807) is 6.20 Å². The highest BCUT2D eigenvalue weighted by Gasteiger charge is 2.24. The van der Waals surface area contributed by atoms with Crippen LogP contribution in [-0.2, 0) is 4.74 Å². The molecular formula is C24H26N4O2. The van der Waals surface area contributed by atoms with Crippen LogP contribution >= 0.6 is 0 Å². The molecule has 0 spiro atoms. The van der Waals surface area contributed by atoms with Crippen LogP contribution < -0.4 is 10.6 Å². The van der Waals surface area contributed by atoms with Gasteiger partial charge in [-0.1, -0.05) is 12.1 Å². The van der Waals surface area contributed by atoms with Crippen molar-refractivity contribution >= 4 is 22.5 Å². The van der Waals surface area contributed by atoms with Crippen molar-refractivity contribution < 1.29 is 9.53 Å². The number of carbonyl (C=O) groups is 1. The molecule has 2 fully saturated rings. The number of hydrogen-bond acceptors (Lipinski definition) is 5. The van der Waals surface area contributed by atoms with Gasteiger partial charge >= 0.3 is 0 Å². The quantitative estimate of drug-likeness (QED) is 0.650. The van der Waals surface area contributed by atoms with Gasteiger partial charge in [-0.25, -0.2) is 0 Å². The van der Waals surface area contributed by atoms with E-state index in [4.69, 9.17) is 4.74 Å². The van der Waals surface area contributed by atoms with Gasteiger partial charge in [-0.05, 0) is 73.6 Å². The molecule has 6 heteroatoms. The molecule has 6 nitrogen and oxygen atoms in total. The second-order valence-corrected chi connectivity index (χ2v) is 8.29. The Balaban J connectivity index is 1.42. The van der Waals surface area contributed by atoms with E-state index in [1.807, 2.05) is 18.2 Å². The van der Waals surface area contributed by atoms with Crippen molar-refractivity contribution in [1.82, 2.24) is 15.5 Å². The number of nitrogens with one attached hydrogen (secondary N) is 2. The summed E-state index contributed by atoms with van der Waals surface area (Å²) in [7, 11) is 0. The van der Waals surface area contributed by atoms with Gasteiger partial charge in [0.25, 0.3) is 5.91 Å². The summed E-state index contributed by atoms with van der Waals surface area (Å²) in [6, 6.07) is 12.5. The second kappa shape index (κ2) is 8.03. The number of aryl methyl sites for hydroxylation is 1. The Morgan fingerprint density at radius 3 is 2.87 bits per heavy atom. The van der Waals surface area contributed by atoms with Gasteiger partial charge in [0.15, 0.2) is 5.82 Å². The minimum Gasteiger partial charge on any atom is -0.376 e. The van der Waals surface area contributed by atoms with Crippen molar-refractivity contribution in [2.45, 2.75) is 44.8 Å². The molecule has 30 heavy (non-hydrogen) atoms. The van der Waals surface area contributed by atoms with Gasteiger partial charge in [0.05, 0.1) is 12.3 Å².